The number of aromatic nitrogens is 1. The van der Waals surface area contributed by atoms with Gasteiger partial charge in [-0.25, -0.2) is 4.98 Å². The Labute approximate surface area is 77.2 Å². The second-order valence-corrected chi connectivity index (χ2v) is 3.43. The maximum absolute atomic E-state index is 13.2. The van der Waals surface area contributed by atoms with Crippen LogP contribution < -0.4 is 5.32 Å². The van der Waals surface area contributed by atoms with E-state index in [1.54, 1.807) is 6.07 Å². The molecule has 0 bridgehead atoms. The Balaban J connectivity index is 2.18. The summed E-state index contributed by atoms with van der Waals surface area (Å²) in [6.07, 6.45) is 3.68. The molecular weight excluding hydrogens is 167 g/mol. The number of rotatable bonds is 1. The van der Waals surface area contributed by atoms with Gasteiger partial charge in [-0.05, 0) is 25.5 Å². The Morgan fingerprint density at radius 3 is 3.15 bits per heavy atom. The van der Waals surface area contributed by atoms with Crippen molar-refractivity contribution in [3.63, 3.8) is 0 Å². The maximum atomic E-state index is 13.2. The number of nitrogens with one attached hydrogen (secondary N) is 1. The van der Waals surface area contributed by atoms with Gasteiger partial charge >= 0.3 is 0 Å². The highest BCUT2D eigenvalue weighted by Gasteiger charge is 2.18. The van der Waals surface area contributed by atoms with Crippen LogP contribution in [0.25, 0.3) is 0 Å². The van der Waals surface area contributed by atoms with Crippen molar-refractivity contribution in [1.29, 1.82) is 0 Å². The van der Waals surface area contributed by atoms with E-state index in [-0.39, 0.29) is 5.95 Å². The lowest BCUT2D eigenvalue weighted by molar-refractivity contribution is 0.440. The lowest BCUT2D eigenvalue weighted by Crippen LogP contribution is -2.28. The van der Waals surface area contributed by atoms with E-state index in [1.807, 2.05) is 6.07 Å². The average Bonchev–Trinajstić information content (AvgIpc) is 2.20. The van der Waals surface area contributed by atoms with Gasteiger partial charge in [0.1, 0.15) is 0 Å². The summed E-state index contributed by atoms with van der Waals surface area (Å²) in [6, 6.07) is 3.63. The molecule has 0 radical (unpaired) electrons. The largest absolute Gasteiger partial charge is 0.316 e. The quantitative estimate of drug-likeness (QED) is 0.665. The summed E-state index contributed by atoms with van der Waals surface area (Å²) in [6.45, 7) is 1.93. The van der Waals surface area contributed by atoms with Gasteiger partial charge in [-0.15, -0.1) is 0 Å². The van der Waals surface area contributed by atoms with E-state index in [1.165, 1.54) is 6.20 Å². The predicted octanol–water partition coefficient (Wildman–Crippen LogP) is 1.69. The Bertz CT molecular complexity index is 282. The molecule has 1 aliphatic heterocycles. The van der Waals surface area contributed by atoms with Gasteiger partial charge < -0.3 is 5.32 Å². The van der Waals surface area contributed by atoms with E-state index in [9.17, 15) is 4.39 Å². The Kier molecular flexibility index (Phi) is 2.54. The normalized spacial score (nSPS) is 23.0. The fourth-order valence-corrected chi connectivity index (χ4v) is 1.82. The van der Waals surface area contributed by atoms with Gasteiger partial charge in [0.25, 0.3) is 0 Å². The summed E-state index contributed by atoms with van der Waals surface area (Å²) in [7, 11) is 0. The monoisotopic (exact) mass is 180 g/mol. The summed E-state index contributed by atoms with van der Waals surface area (Å²) in [5.74, 6) is -0.00125. The van der Waals surface area contributed by atoms with Crippen LogP contribution in [-0.2, 0) is 0 Å². The molecule has 2 rings (SSSR count). The summed E-state index contributed by atoms with van der Waals surface area (Å²) in [5, 5.41) is 3.27. The van der Waals surface area contributed by atoms with Crippen molar-refractivity contribution in [2.45, 2.75) is 18.8 Å². The average molecular weight is 180 g/mol. The van der Waals surface area contributed by atoms with Gasteiger partial charge in [0.15, 0.2) is 0 Å². The minimum Gasteiger partial charge on any atom is -0.316 e. The van der Waals surface area contributed by atoms with Gasteiger partial charge in [0.2, 0.25) is 5.95 Å². The molecule has 1 fully saturated rings. The lowest BCUT2D eigenvalue weighted by atomic mass is 9.93. The van der Waals surface area contributed by atoms with E-state index in [0.717, 1.165) is 31.5 Å². The second kappa shape index (κ2) is 3.83. The summed E-state index contributed by atoms with van der Waals surface area (Å²) >= 11 is 0. The van der Waals surface area contributed by atoms with Crippen molar-refractivity contribution < 1.29 is 4.39 Å². The molecule has 1 atom stereocenters. The summed E-state index contributed by atoms with van der Waals surface area (Å²) in [5.41, 5.74) is 0.759. The van der Waals surface area contributed by atoms with Crippen LogP contribution in [0.1, 0.15) is 24.3 Å². The minimum atomic E-state index is -0.309. The maximum Gasteiger partial charge on any atom is 0.216 e. The predicted molar refractivity (Wildman–Crippen MR) is 49.0 cm³/mol. The molecule has 0 aromatic carbocycles. The van der Waals surface area contributed by atoms with E-state index >= 15 is 0 Å². The van der Waals surface area contributed by atoms with E-state index in [4.69, 9.17) is 0 Å². The first-order valence-electron chi connectivity index (χ1n) is 4.69. The molecule has 1 aliphatic rings. The van der Waals surface area contributed by atoms with Crippen molar-refractivity contribution in [1.82, 2.24) is 10.3 Å². The highest BCUT2D eigenvalue weighted by Crippen LogP contribution is 2.23. The number of nitrogens with zero attached hydrogens (tertiary/aromatic N) is 1. The fourth-order valence-electron chi connectivity index (χ4n) is 1.82. The van der Waals surface area contributed by atoms with Gasteiger partial charge in [-0.1, -0.05) is 6.07 Å². The van der Waals surface area contributed by atoms with Crippen LogP contribution in [0.4, 0.5) is 4.39 Å². The number of pyridine rings is 1. The standard InChI is InChI=1S/C10H13FN2/c11-10-9(4-2-6-13-10)8-3-1-5-12-7-8/h2,4,6,8,12H,1,3,5,7H2/t8-/m0/s1. The zero-order valence-electron chi connectivity index (χ0n) is 7.46. The van der Waals surface area contributed by atoms with Crippen LogP contribution in [-0.4, -0.2) is 18.1 Å². The number of halogens is 1. The molecule has 0 aliphatic carbocycles. The van der Waals surface area contributed by atoms with Gasteiger partial charge in [0, 0.05) is 24.2 Å². The van der Waals surface area contributed by atoms with Gasteiger partial charge in [0.05, 0.1) is 0 Å². The zero-order chi connectivity index (χ0) is 9.10. The van der Waals surface area contributed by atoms with Gasteiger partial charge in [-0.2, -0.15) is 4.39 Å². The van der Waals surface area contributed by atoms with Crippen molar-refractivity contribution in [3.8, 4) is 0 Å². The highest BCUT2D eigenvalue weighted by molar-refractivity contribution is 5.17. The molecule has 2 heterocycles. The van der Waals surface area contributed by atoms with E-state index in [0.29, 0.717) is 5.92 Å². The number of hydrogen-bond acceptors (Lipinski definition) is 2. The minimum absolute atomic E-state index is 0.308. The molecule has 0 unspecified atom stereocenters. The van der Waals surface area contributed by atoms with Crippen LogP contribution in [0, 0.1) is 5.95 Å². The van der Waals surface area contributed by atoms with E-state index < -0.39 is 0 Å². The molecule has 1 aromatic heterocycles. The molecule has 13 heavy (non-hydrogen) atoms. The molecule has 1 N–H and O–H groups in total. The van der Waals surface area contributed by atoms with Crippen LogP contribution >= 0.6 is 0 Å². The van der Waals surface area contributed by atoms with Crippen molar-refractivity contribution in [3.05, 3.63) is 29.8 Å². The summed E-state index contributed by atoms with van der Waals surface area (Å²) in [4.78, 5) is 3.66. The van der Waals surface area contributed by atoms with Crippen molar-refractivity contribution in [2.24, 2.45) is 0 Å². The van der Waals surface area contributed by atoms with Crippen LogP contribution in [0.5, 0.6) is 0 Å². The molecule has 0 amide bonds. The molecule has 3 heteroatoms. The van der Waals surface area contributed by atoms with Gasteiger partial charge in [-0.3, -0.25) is 0 Å². The lowest BCUT2D eigenvalue weighted by Gasteiger charge is -2.22. The Morgan fingerprint density at radius 2 is 2.46 bits per heavy atom. The van der Waals surface area contributed by atoms with Crippen molar-refractivity contribution in [2.75, 3.05) is 13.1 Å². The topological polar surface area (TPSA) is 24.9 Å². The third-order valence-electron chi connectivity index (χ3n) is 2.52. The summed E-state index contributed by atoms with van der Waals surface area (Å²) < 4.78 is 13.2. The Morgan fingerprint density at radius 1 is 1.54 bits per heavy atom. The third kappa shape index (κ3) is 1.86. The van der Waals surface area contributed by atoms with Crippen LogP contribution in [0.2, 0.25) is 0 Å². The van der Waals surface area contributed by atoms with Crippen molar-refractivity contribution >= 4 is 0 Å². The fraction of sp³-hybridized carbons (Fsp3) is 0.500. The molecule has 0 saturated carbocycles. The van der Waals surface area contributed by atoms with E-state index in [2.05, 4.69) is 10.3 Å². The smallest absolute Gasteiger partial charge is 0.216 e. The SMILES string of the molecule is Fc1ncccc1[C@H]1CCCNC1. The molecule has 1 aromatic rings. The highest BCUT2D eigenvalue weighted by atomic mass is 19.1. The number of hydrogen-bond donors (Lipinski definition) is 1. The zero-order valence-corrected chi connectivity index (χ0v) is 7.46. The second-order valence-electron chi connectivity index (χ2n) is 3.43. The first-order valence-corrected chi connectivity index (χ1v) is 4.69. The van der Waals surface area contributed by atoms with Crippen LogP contribution in [0.3, 0.4) is 0 Å². The van der Waals surface area contributed by atoms with Crippen LogP contribution in [0.15, 0.2) is 18.3 Å². The first-order chi connectivity index (χ1) is 6.38. The molecule has 70 valence electrons. The third-order valence-corrected chi connectivity index (χ3v) is 2.52. The Hall–Kier alpha value is -0.960. The molecule has 2 nitrogen and oxygen atoms in total. The number of piperidine rings is 1. The molecular formula is C10H13FN2. The molecule has 1 saturated heterocycles. The molecule has 0 spiro atoms. The first kappa shape index (κ1) is 8.63.